The number of pyridine rings is 1. The Labute approximate surface area is 201 Å². The minimum absolute atomic E-state index is 0.216. The molecule has 1 aromatic heterocycles. The molecule has 3 aromatic rings. The predicted octanol–water partition coefficient (Wildman–Crippen LogP) is 5.90. The van der Waals surface area contributed by atoms with Crippen molar-refractivity contribution in [3.63, 3.8) is 0 Å². The van der Waals surface area contributed by atoms with Crippen molar-refractivity contribution < 1.29 is 9.59 Å². The van der Waals surface area contributed by atoms with Crippen molar-refractivity contribution in [2.75, 3.05) is 10.2 Å². The van der Waals surface area contributed by atoms with E-state index in [-0.39, 0.29) is 17.2 Å². The summed E-state index contributed by atoms with van der Waals surface area (Å²) in [6.07, 6.45) is 7.64. The van der Waals surface area contributed by atoms with E-state index in [2.05, 4.69) is 42.9 Å². The van der Waals surface area contributed by atoms with Crippen LogP contribution in [0.25, 0.3) is 0 Å². The monoisotopic (exact) mass is 453 g/mol. The molecule has 0 aliphatic heterocycles. The van der Waals surface area contributed by atoms with E-state index in [1.54, 1.807) is 18.5 Å². The molecule has 0 spiro atoms. The van der Waals surface area contributed by atoms with Crippen LogP contribution in [0.2, 0.25) is 0 Å². The van der Waals surface area contributed by atoms with Gasteiger partial charge in [0.05, 0.1) is 0 Å². The number of hydrogen-bond donors (Lipinski definition) is 1. The molecule has 1 fully saturated rings. The lowest BCUT2D eigenvalue weighted by molar-refractivity contribution is -0.121. The number of rotatable bonds is 8. The maximum atomic E-state index is 13.8. The van der Waals surface area contributed by atoms with Crippen LogP contribution in [0.1, 0.15) is 55.0 Å². The number of anilines is 2. The normalized spacial score (nSPS) is 14.7. The number of hydrogen-bond acceptors (Lipinski definition) is 3. The second-order valence-electron chi connectivity index (χ2n) is 9.16. The highest BCUT2D eigenvalue weighted by atomic mass is 16.2. The molecule has 1 aliphatic rings. The molecular formula is C29H31N3O2. The number of benzene rings is 2. The molecule has 0 bridgehead atoms. The molecule has 1 heterocycles. The highest BCUT2D eigenvalue weighted by molar-refractivity contribution is 6.09. The number of carbonyl (C=O) groups excluding carboxylic acids is 2. The van der Waals surface area contributed by atoms with Crippen LogP contribution in [0.3, 0.4) is 0 Å². The number of aryl methyl sites for hydroxylation is 2. The quantitative estimate of drug-likeness (QED) is 0.432. The summed E-state index contributed by atoms with van der Waals surface area (Å²) >= 11 is 0. The molecule has 174 valence electrons. The highest BCUT2D eigenvalue weighted by Gasteiger charge is 2.39. The van der Waals surface area contributed by atoms with Gasteiger partial charge in [0.15, 0.2) is 0 Å². The number of para-hydroxylation sites is 1. The molecule has 34 heavy (non-hydrogen) atoms. The summed E-state index contributed by atoms with van der Waals surface area (Å²) < 4.78 is 0. The first kappa shape index (κ1) is 23.4. The average molecular weight is 454 g/mol. The third-order valence-corrected chi connectivity index (χ3v) is 6.75. The molecule has 2 aromatic carbocycles. The van der Waals surface area contributed by atoms with Gasteiger partial charge in [0.2, 0.25) is 0 Å². The zero-order chi connectivity index (χ0) is 24.3. The van der Waals surface area contributed by atoms with E-state index in [9.17, 15) is 9.59 Å². The molecule has 4 rings (SSSR count). The number of carbonyl (C=O) groups is 2. The van der Waals surface area contributed by atoms with Crippen molar-refractivity contribution >= 4 is 23.2 Å². The summed E-state index contributed by atoms with van der Waals surface area (Å²) in [6, 6.07) is 16.6. The standard InChI is InChI=1S/C29H31N3O2/c1-5-21-10-7-9-20(3)26(21)31-28(34)27(22-11-8-18-30-19-22)32(25(33)6-2)24-14-12-23(13-15-24)29(4)16-17-29/h6-15,18-19,27H,2,5,16-17H2,1,3-4H3,(H,31,34). The summed E-state index contributed by atoms with van der Waals surface area (Å²) in [5.41, 5.74) is 5.53. The maximum Gasteiger partial charge on any atom is 0.252 e. The van der Waals surface area contributed by atoms with Crippen molar-refractivity contribution in [2.24, 2.45) is 0 Å². The van der Waals surface area contributed by atoms with E-state index in [1.165, 1.54) is 29.4 Å². The van der Waals surface area contributed by atoms with Gasteiger partial charge in [0.25, 0.3) is 11.8 Å². The molecule has 5 heteroatoms. The molecule has 1 saturated carbocycles. The molecule has 0 saturated heterocycles. The Hall–Kier alpha value is -3.73. The Balaban J connectivity index is 1.77. The van der Waals surface area contributed by atoms with Crippen LogP contribution >= 0.6 is 0 Å². The predicted molar refractivity (Wildman–Crippen MR) is 137 cm³/mol. The second-order valence-corrected chi connectivity index (χ2v) is 9.16. The van der Waals surface area contributed by atoms with E-state index >= 15 is 0 Å². The van der Waals surface area contributed by atoms with Crippen molar-refractivity contribution in [3.8, 4) is 0 Å². The zero-order valence-electron chi connectivity index (χ0n) is 20.0. The van der Waals surface area contributed by atoms with Gasteiger partial charge in [-0.3, -0.25) is 19.5 Å². The molecule has 5 nitrogen and oxygen atoms in total. The van der Waals surface area contributed by atoms with E-state index < -0.39 is 6.04 Å². The van der Waals surface area contributed by atoms with E-state index in [4.69, 9.17) is 0 Å². The maximum absolute atomic E-state index is 13.8. The van der Waals surface area contributed by atoms with E-state index in [0.717, 1.165) is 23.2 Å². The van der Waals surface area contributed by atoms with Crippen LogP contribution in [-0.2, 0) is 21.4 Å². The Morgan fingerprint density at radius 1 is 1.15 bits per heavy atom. The summed E-state index contributed by atoms with van der Waals surface area (Å²) in [5.74, 6) is -0.652. The lowest BCUT2D eigenvalue weighted by Crippen LogP contribution is -2.41. The zero-order valence-corrected chi connectivity index (χ0v) is 20.0. The van der Waals surface area contributed by atoms with Crippen LogP contribution in [0.15, 0.2) is 79.6 Å². The van der Waals surface area contributed by atoms with Crippen LogP contribution in [0.4, 0.5) is 11.4 Å². The first-order chi connectivity index (χ1) is 16.4. The molecule has 1 atom stereocenters. The van der Waals surface area contributed by atoms with Gasteiger partial charge in [0.1, 0.15) is 6.04 Å². The van der Waals surface area contributed by atoms with Gasteiger partial charge >= 0.3 is 0 Å². The number of amides is 2. The molecule has 1 unspecified atom stereocenters. The third kappa shape index (κ3) is 4.65. The largest absolute Gasteiger partial charge is 0.323 e. The molecular weight excluding hydrogens is 422 g/mol. The fraction of sp³-hybridized carbons (Fsp3) is 0.276. The Bertz CT molecular complexity index is 1200. The van der Waals surface area contributed by atoms with Crippen molar-refractivity contribution in [2.45, 2.75) is 51.5 Å². The third-order valence-electron chi connectivity index (χ3n) is 6.75. The fourth-order valence-electron chi connectivity index (χ4n) is 4.35. The van der Waals surface area contributed by atoms with Crippen molar-refractivity contribution in [1.29, 1.82) is 0 Å². The number of nitrogens with one attached hydrogen (secondary N) is 1. The van der Waals surface area contributed by atoms with Gasteiger partial charge in [-0.05, 0) is 72.6 Å². The molecule has 1 N–H and O–H groups in total. The fourth-order valence-corrected chi connectivity index (χ4v) is 4.35. The SMILES string of the molecule is C=CC(=O)N(c1ccc(C2(C)CC2)cc1)C(C(=O)Nc1c(C)cccc1CC)c1cccnc1. The van der Waals surface area contributed by atoms with Gasteiger partial charge in [-0.15, -0.1) is 0 Å². The minimum atomic E-state index is -0.911. The van der Waals surface area contributed by atoms with Crippen LogP contribution in [-0.4, -0.2) is 16.8 Å². The number of nitrogens with zero attached hydrogens (tertiary/aromatic N) is 2. The van der Waals surface area contributed by atoms with E-state index in [1.807, 2.05) is 43.3 Å². The van der Waals surface area contributed by atoms with Crippen molar-refractivity contribution in [1.82, 2.24) is 4.98 Å². The summed E-state index contributed by atoms with van der Waals surface area (Å²) in [4.78, 5) is 32.7. The first-order valence-corrected chi connectivity index (χ1v) is 11.7. The van der Waals surface area contributed by atoms with Gasteiger partial charge in [-0.2, -0.15) is 0 Å². The summed E-state index contributed by atoms with van der Waals surface area (Å²) in [7, 11) is 0. The van der Waals surface area contributed by atoms with Crippen LogP contribution in [0.5, 0.6) is 0 Å². The van der Waals surface area contributed by atoms with Gasteiger partial charge < -0.3 is 5.32 Å². The van der Waals surface area contributed by atoms with Crippen LogP contribution in [0, 0.1) is 6.92 Å². The Morgan fingerprint density at radius 2 is 1.88 bits per heavy atom. The first-order valence-electron chi connectivity index (χ1n) is 11.7. The van der Waals surface area contributed by atoms with Gasteiger partial charge in [-0.25, -0.2) is 0 Å². The number of aromatic nitrogens is 1. The van der Waals surface area contributed by atoms with Gasteiger partial charge in [0, 0.05) is 29.3 Å². The summed E-state index contributed by atoms with van der Waals surface area (Å²) in [5, 5.41) is 3.11. The highest BCUT2D eigenvalue weighted by Crippen LogP contribution is 2.48. The second kappa shape index (κ2) is 9.64. The smallest absolute Gasteiger partial charge is 0.252 e. The molecule has 1 aliphatic carbocycles. The average Bonchev–Trinajstić information content (AvgIpc) is 3.62. The van der Waals surface area contributed by atoms with Gasteiger partial charge in [-0.1, -0.05) is 56.8 Å². The lowest BCUT2D eigenvalue weighted by atomic mass is 9.97. The Kier molecular flexibility index (Phi) is 6.64. The molecule has 2 amide bonds. The Morgan fingerprint density at radius 3 is 2.47 bits per heavy atom. The lowest BCUT2D eigenvalue weighted by Gasteiger charge is -2.31. The topological polar surface area (TPSA) is 62.3 Å². The van der Waals surface area contributed by atoms with E-state index in [0.29, 0.717) is 11.3 Å². The minimum Gasteiger partial charge on any atom is -0.323 e. The summed E-state index contributed by atoms with van der Waals surface area (Å²) in [6.45, 7) is 9.96. The van der Waals surface area contributed by atoms with Crippen molar-refractivity contribution in [3.05, 3.63) is 102 Å². The van der Waals surface area contributed by atoms with Crippen LogP contribution < -0.4 is 10.2 Å². The molecule has 0 radical (unpaired) electrons.